The second-order valence-electron chi connectivity index (χ2n) is 33.9. The van der Waals surface area contributed by atoms with Crippen molar-refractivity contribution >= 4 is 87.8 Å². The number of hydrogen-bond acceptors (Lipinski definition) is 12. The zero-order valence-corrected chi connectivity index (χ0v) is 90.0. The molecule has 12 heterocycles. The van der Waals surface area contributed by atoms with Gasteiger partial charge in [-0.1, -0.05) is 232 Å². The van der Waals surface area contributed by atoms with Crippen LogP contribution in [0.3, 0.4) is 0 Å². The van der Waals surface area contributed by atoms with Gasteiger partial charge in [-0.25, -0.2) is 0 Å². The van der Waals surface area contributed by atoms with E-state index in [1.54, 1.807) is 52.0 Å². The van der Waals surface area contributed by atoms with E-state index in [-0.39, 0.29) is 80.4 Å². The maximum atomic E-state index is 7.37. The summed E-state index contributed by atoms with van der Waals surface area (Å²) in [6.45, 7) is 11.5. The summed E-state index contributed by atoms with van der Waals surface area (Å²) in [5, 5.41) is 8.90. The fourth-order valence-electron chi connectivity index (χ4n) is 15.5. The van der Waals surface area contributed by atoms with Crippen molar-refractivity contribution in [2.75, 3.05) is 0 Å². The monoisotopic (exact) mass is 2600 g/mol. The van der Waals surface area contributed by atoms with Crippen LogP contribution in [0.25, 0.3) is 178 Å². The van der Waals surface area contributed by atoms with Crippen LogP contribution in [0.1, 0.15) is 115 Å². The van der Waals surface area contributed by atoms with Gasteiger partial charge >= 0.3 is 0 Å². The van der Waals surface area contributed by atoms with Crippen LogP contribution in [0.2, 0.25) is 0 Å². The quantitative estimate of drug-likeness (QED) is 0.120. The summed E-state index contributed by atoms with van der Waals surface area (Å²) in [4.78, 5) is 34.6. The Labute approximate surface area is 913 Å². The van der Waals surface area contributed by atoms with Crippen molar-refractivity contribution in [3.8, 4) is 90.1 Å². The number of pyridine rings is 8. The molecular formula is C128H104Ir4N8O4-8. The molecule has 16 heteroatoms. The van der Waals surface area contributed by atoms with E-state index in [1.807, 2.05) is 255 Å². The second-order valence-corrected chi connectivity index (χ2v) is 33.9. The van der Waals surface area contributed by atoms with E-state index in [4.69, 9.17) is 34.1 Å². The molecule has 0 bridgehead atoms. The van der Waals surface area contributed by atoms with Crippen molar-refractivity contribution in [2.45, 2.75) is 109 Å². The first kappa shape index (κ1) is 90.9. The zero-order valence-electron chi connectivity index (χ0n) is 92.4. The Kier molecular flexibility index (Phi) is 31.9. The largest absolute Gasteiger partial charge is 0.476 e. The van der Waals surface area contributed by atoms with Crippen molar-refractivity contribution < 1.29 is 115 Å². The Morgan fingerprint density at radius 1 is 0.243 bits per heavy atom. The molecule has 0 aliphatic heterocycles. The van der Waals surface area contributed by atoms with Gasteiger partial charge in [-0.3, -0.25) is 0 Å². The Morgan fingerprint density at radius 2 is 0.507 bits per heavy atom. The van der Waals surface area contributed by atoms with Crippen LogP contribution in [-0.4, -0.2) is 39.9 Å². The molecule has 0 fully saturated rings. The Morgan fingerprint density at radius 3 is 0.785 bits per heavy atom. The molecule has 0 N–H and O–H groups in total. The summed E-state index contributed by atoms with van der Waals surface area (Å²) in [7, 11) is 0. The number of furan rings is 4. The standard InChI is InChI=1S/C20H16NO.2C19H14NO.C18H12NO.4C13H12N.4Ir/c1-13(2)14-9-10-21-18(11-14)15-7-8-17-16-5-3-4-6-19(16)22-20(17)12-15;1-12-9-17(20-11-13(12)2)14-7-8-16-15-5-3-4-6-18(15)21-19(16)10-14;1-2-13-9-10-20-17(11-13)14-7-8-16-15-5-3-4-6-18(15)21-19(16)12-14;1-12-8-9-19-16(10-12)13-6-7-15-14-4-2-3-5-17(14)20-18(15)11-13;4*1-10-8-13(14-9-11(10)2)12-6-4-3-5-7-12;;;;/h3-6,8-13H,1-2H3;3-6,8-11H,1-2H3;3-6,8-12H,2H2,1H3;2-5,7-11H,1H3;4*3-6,8-9H,1-2H3;;;;/q8*-1;;;;/i;;;;4*2D3;;;;. The normalized spacial score (nSPS) is 12.2. The first-order valence-electron chi connectivity index (χ1n) is 51.9. The van der Waals surface area contributed by atoms with Gasteiger partial charge in [-0.2, -0.15) is 0 Å². The van der Waals surface area contributed by atoms with Gasteiger partial charge in [-0.15, -0.1) is 214 Å². The molecule has 12 aromatic carbocycles. The number of fused-ring (bicyclic) bond motifs is 12. The van der Waals surface area contributed by atoms with Crippen molar-refractivity contribution in [1.29, 1.82) is 0 Å². The van der Waals surface area contributed by atoms with Crippen LogP contribution in [0.5, 0.6) is 0 Å². The maximum Gasteiger partial charge on any atom is 0.123 e. The van der Waals surface area contributed by atoms with Crippen molar-refractivity contribution in [3.05, 3.63) is 480 Å². The topological polar surface area (TPSA) is 156 Å². The number of hydrogen-bond donors (Lipinski definition) is 0. The third-order valence-corrected chi connectivity index (χ3v) is 23.7. The molecule has 0 unspecified atom stereocenters. The molecule has 0 amide bonds. The maximum absolute atomic E-state index is 7.37. The number of nitrogens with zero attached hydrogens (tertiary/aromatic N) is 8. The van der Waals surface area contributed by atoms with E-state index in [0.29, 0.717) is 28.2 Å². The SMILES string of the molecule is CC(C)c1ccnc(-c2[c-]cc3c(c2)oc2ccccc23)c1.CCc1ccnc(-c2[c-]cc3c(c2)oc2ccccc23)c1.Cc1ccnc(-c2[c-]cc3c(c2)oc2ccccc23)c1.Cc1cnc(-c2[c-]cc3c(c2)oc2ccccc23)cc1C.[2H]C([2H])([2H])c1cnc(-c2[c-]cccc2)cc1C.[2H]C([2H])([2H])c1cnc(-c2[c-]cccc2)cc1C.[2H]C([2H])([2H])c1cnc(-c2[c-]cccc2)cc1C.[2H]C([2H])([2H])c1cnc(-c2[c-]cccc2)cc1C.[Ir].[Ir].[Ir].[Ir]. The fourth-order valence-corrected chi connectivity index (χ4v) is 15.5. The van der Waals surface area contributed by atoms with Crippen LogP contribution >= 0.6 is 0 Å². The molecule has 0 saturated heterocycles. The van der Waals surface area contributed by atoms with Gasteiger partial charge in [0.25, 0.3) is 0 Å². The molecule has 24 rings (SSSR count). The molecular weight excluding hydrogens is 2480 g/mol. The van der Waals surface area contributed by atoms with Crippen LogP contribution in [0, 0.1) is 124 Å². The zero-order chi connectivity index (χ0) is 107. The van der Waals surface area contributed by atoms with Crippen molar-refractivity contribution in [2.24, 2.45) is 0 Å². The summed E-state index contributed by atoms with van der Waals surface area (Å²) >= 11 is 0. The Hall–Kier alpha value is -14.4. The van der Waals surface area contributed by atoms with E-state index < -0.39 is 27.4 Å². The van der Waals surface area contributed by atoms with Gasteiger partial charge in [0.2, 0.25) is 0 Å². The number of aryl methyl sites for hydroxylation is 12. The molecule has 724 valence electrons. The average molecular weight is 2600 g/mol. The molecule has 0 saturated carbocycles. The molecule has 0 aliphatic carbocycles. The van der Waals surface area contributed by atoms with Gasteiger partial charge < -0.3 is 57.5 Å². The third kappa shape index (κ3) is 26.4. The first-order valence-corrected chi connectivity index (χ1v) is 45.9. The molecule has 12 nitrogen and oxygen atoms in total. The van der Waals surface area contributed by atoms with Gasteiger partial charge in [0, 0.05) is 146 Å². The number of para-hydroxylation sites is 4. The fraction of sp³-hybridized carbons (Fsp3) is 0.125. The average Bonchev–Trinajstić information content (AvgIpc) is 1.64. The summed E-state index contributed by atoms with van der Waals surface area (Å²) in [5.74, 6) is 0.483. The number of benzene rings is 12. The third-order valence-electron chi connectivity index (χ3n) is 23.7. The van der Waals surface area contributed by atoms with E-state index in [9.17, 15) is 0 Å². The minimum atomic E-state index is -2.10. The Bertz CT molecular complexity index is 8560. The van der Waals surface area contributed by atoms with Crippen LogP contribution in [0.4, 0.5) is 0 Å². The van der Waals surface area contributed by atoms with Crippen LogP contribution in [-0.2, 0) is 86.8 Å². The smallest absolute Gasteiger partial charge is 0.123 e. The van der Waals surface area contributed by atoms with Crippen molar-refractivity contribution in [1.82, 2.24) is 39.9 Å². The Balaban J connectivity index is 0.000000148. The summed E-state index contributed by atoms with van der Waals surface area (Å²) < 4.78 is 112. The van der Waals surface area contributed by atoms with E-state index in [0.717, 1.165) is 206 Å². The predicted octanol–water partition coefficient (Wildman–Crippen LogP) is 33.1. The second kappa shape index (κ2) is 50.5. The molecule has 0 spiro atoms. The molecule has 0 aliphatic rings. The molecule has 0 atom stereocenters. The molecule has 4 radical (unpaired) electrons. The predicted molar refractivity (Wildman–Crippen MR) is 573 cm³/mol. The van der Waals surface area contributed by atoms with Crippen LogP contribution in [0.15, 0.2) is 377 Å². The van der Waals surface area contributed by atoms with Crippen molar-refractivity contribution in [3.63, 3.8) is 0 Å². The summed E-state index contributed by atoms with van der Waals surface area (Å²) in [6, 6.07) is 126. The molecule has 144 heavy (non-hydrogen) atoms. The minimum Gasteiger partial charge on any atom is -0.476 e. The van der Waals surface area contributed by atoms with Gasteiger partial charge in [0.05, 0.1) is 22.3 Å². The minimum absolute atomic E-state index is 0. The summed E-state index contributed by atoms with van der Waals surface area (Å²) in [6.07, 6.45) is 14.2. The van der Waals surface area contributed by atoms with Crippen LogP contribution < -0.4 is 0 Å². The molecule has 12 aromatic heterocycles. The first-order chi connectivity index (χ1) is 73.0. The van der Waals surface area contributed by atoms with Gasteiger partial charge in [-0.05, 0) is 226 Å². The van der Waals surface area contributed by atoms with E-state index in [1.165, 1.54) is 52.6 Å². The number of aromatic nitrogens is 8. The van der Waals surface area contributed by atoms with E-state index >= 15 is 0 Å². The number of rotatable bonds is 10. The van der Waals surface area contributed by atoms with Gasteiger partial charge in [0.1, 0.15) is 22.3 Å². The summed E-state index contributed by atoms with van der Waals surface area (Å²) in [5.41, 5.74) is 31.5. The van der Waals surface area contributed by atoms with Gasteiger partial charge in [0.15, 0.2) is 0 Å². The van der Waals surface area contributed by atoms with E-state index in [2.05, 4.69) is 185 Å². The molecule has 24 aromatic rings.